The van der Waals surface area contributed by atoms with Crippen molar-refractivity contribution in [2.75, 3.05) is 20.2 Å². The van der Waals surface area contributed by atoms with Crippen LogP contribution >= 0.6 is 0 Å². The van der Waals surface area contributed by atoms with Gasteiger partial charge in [0.25, 0.3) is 5.91 Å². The molecule has 0 unspecified atom stereocenters. The van der Waals surface area contributed by atoms with Crippen molar-refractivity contribution in [2.24, 2.45) is 11.8 Å². The molecule has 0 spiro atoms. The highest BCUT2D eigenvalue weighted by Crippen LogP contribution is 2.38. The van der Waals surface area contributed by atoms with E-state index in [0.717, 1.165) is 19.0 Å². The number of methoxy groups -OCH3 is 1. The number of carbonyl (C=O) groups is 1. The Morgan fingerprint density at radius 3 is 2.86 bits per heavy atom. The van der Waals surface area contributed by atoms with E-state index in [2.05, 4.69) is 10.1 Å². The Labute approximate surface area is 122 Å². The van der Waals surface area contributed by atoms with Gasteiger partial charge in [-0.15, -0.1) is 5.10 Å². The molecular weight excluding hydrogens is 268 g/mol. The van der Waals surface area contributed by atoms with E-state index in [9.17, 15) is 4.79 Å². The normalized spacial score (nSPS) is 18.8. The summed E-state index contributed by atoms with van der Waals surface area (Å²) in [5.74, 6) is 2.09. The summed E-state index contributed by atoms with van der Waals surface area (Å²) in [4.78, 5) is 18.7. The Hall–Kier alpha value is -2.11. The molecular formula is C15H18N4O2. The van der Waals surface area contributed by atoms with Crippen LogP contribution in [0.2, 0.25) is 0 Å². The maximum Gasteiger partial charge on any atom is 0.274 e. The van der Waals surface area contributed by atoms with Crippen LogP contribution in [-0.4, -0.2) is 45.6 Å². The molecule has 6 nitrogen and oxygen atoms in total. The first-order chi connectivity index (χ1) is 10.2. The molecule has 21 heavy (non-hydrogen) atoms. The Balaban J connectivity index is 1.51. The molecule has 2 fully saturated rings. The third-order valence-corrected chi connectivity index (χ3v) is 4.37. The summed E-state index contributed by atoms with van der Waals surface area (Å²) < 4.78 is 6.68. The van der Waals surface area contributed by atoms with Crippen molar-refractivity contribution in [3.63, 3.8) is 0 Å². The zero-order valence-electron chi connectivity index (χ0n) is 12.0. The first kappa shape index (κ1) is 12.6. The second-order valence-electron chi connectivity index (χ2n) is 6.04. The van der Waals surface area contributed by atoms with E-state index in [-0.39, 0.29) is 5.91 Å². The molecule has 0 N–H and O–H groups in total. The molecule has 6 heteroatoms. The molecule has 1 amide bonds. The topological polar surface area (TPSA) is 59.7 Å². The minimum atomic E-state index is 0.00954. The highest BCUT2D eigenvalue weighted by atomic mass is 16.5. The van der Waals surface area contributed by atoms with Crippen molar-refractivity contribution in [3.8, 4) is 5.88 Å². The number of carbonyl (C=O) groups excluding carboxylic acids is 1. The third-order valence-electron chi connectivity index (χ3n) is 4.37. The third kappa shape index (κ3) is 2.24. The number of likely N-dealkylation sites (tertiary alicyclic amines) is 1. The molecule has 2 aromatic rings. The fourth-order valence-corrected chi connectivity index (χ4v) is 2.98. The maximum atomic E-state index is 12.5. The molecule has 4 rings (SSSR count). The van der Waals surface area contributed by atoms with Crippen LogP contribution in [-0.2, 0) is 0 Å². The smallest absolute Gasteiger partial charge is 0.274 e. The van der Waals surface area contributed by atoms with Crippen LogP contribution < -0.4 is 4.74 Å². The molecule has 1 saturated heterocycles. The molecule has 2 aliphatic rings. The second-order valence-corrected chi connectivity index (χ2v) is 6.04. The zero-order chi connectivity index (χ0) is 14.4. The van der Waals surface area contributed by atoms with Crippen molar-refractivity contribution in [3.05, 3.63) is 24.0 Å². The quantitative estimate of drug-likeness (QED) is 0.856. The van der Waals surface area contributed by atoms with Crippen molar-refractivity contribution in [1.82, 2.24) is 19.5 Å². The van der Waals surface area contributed by atoms with E-state index in [1.54, 1.807) is 30.0 Å². The van der Waals surface area contributed by atoms with Gasteiger partial charge in [0.1, 0.15) is 0 Å². The largest absolute Gasteiger partial charge is 0.480 e. The van der Waals surface area contributed by atoms with Crippen LogP contribution in [0, 0.1) is 11.8 Å². The summed E-state index contributed by atoms with van der Waals surface area (Å²) in [6.45, 7) is 1.74. The number of hydrogen-bond donors (Lipinski definition) is 0. The zero-order valence-corrected chi connectivity index (χ0v) is 12.0. The number of ether oxygens (including phenoxy) is 1. The van der Waals surface area contributed by atoms with Gasteiger partial charge in [-0.05, 0) is 24.3 Å². The van der Waals surface area contributed by atoms with E-state index in [1.165, 1.54) is 19.3 Å². The van der Waals surface area contributed by atoms with Crippen LogP contribution in [0.3, 0.4) is 0 Å². The minimum Gasteiger partial charge on any atom is -0.480 e. The second kappa shape index (κ2) is 4.72. The first-order valence-electron chi connectivity index (χ1n) is 7.42. The summed E-state index contributed by atoms with van der Waals surface area (Å²) in [6, 6.07) is 3.54. The van der Waals surface area contributed by atoms with Crippen molar-refractivity contribution in [1.29, 1.82) is 0 Å². The van der Waals surface area contributed by atoms with Crippen molar-refractivity contribution in [2.45, 2.75) is 19.3 Å². The van der Waals surface area contributed by atoms with Crippen LogP contribution in [0.25, 0.3) is 5.65 Å². The van der Waals surface area contributed by atoms with Crippen LogP contribution in [0.5, 0.6) is 5.88 Å². The van der Waals surface area contributed by atoms with Crippen LogP contribution in [0.4, 0.5) is 0 Å². The monoisotopic (exact) mass is 286 g/mol. The molecule has 0 bridgehead atoms. The fraction of sp³-hybridized carbons (Fsp3) is 0.533. The average molecular weight is 286 g/mol. The molecule has 1 aliphatic heterocycles. The molecule has 2 aromatic heterocycles. The number of aromatic nitrogens is 3. The van der Waals surface area contributed by atoms with E-state index in [1.807, 2.05) is 4.90 Å². The SMILES string of the molecule is COc1ccc2ncc(C(=O)N3CC(CC4CC4)C3)n2n1. The lowest BCUT2D eigenvalue weighted by Gasteiger charge is -2.39. The summed E-state index contributed by atoms with van der Waals surface area (Å²) in [5.41, 5.74) is 1.17. The van der Waals surface area contributed by atoms with Gasteiger partial charge in [0, 0.05) is 19.2 Å². The van der Waals surface area contributed by atoms with Gasteiger partial charge >= 0.3 is 0 Å². The van der Waals surface area contributed by atoms with Gasteiger partial charge in [-0.2, -0.15) is 0 Å². The fourth-order valence-electron chi connectivity index (χ4n) is 2.98. The summed E-state index contributed by atoms with van der Waals surface area (Å²) in [5, 5.41) is 4.28. The van der Waals surface area contributed by atoms with E-state index >= 15 is 0 Å². The minimum absolute atomic E-state index is 0.00954. The summed E-state index contributed by atoms with van der Waals surface area (Å²) in [6.07, 6.45) is 5.63. The van der Waals surface area contributed by atoms with E-state index in [0.29, 0.717) is 23.1 Å². The number of rotatable bonds is 4. The van der Waals surface area contributed by atoms with Crippen LogP contribution in [0.1, 0.15) is 29.8 Å². The lowest BCUT2D eigenvalue weighted by Crippen LogP contribution is -2.50. The standard InChI is InChI=1S/C15H18N4O2/c1-21-14-5-4-13-16-7-12(19(13)17-14)15(20)18-8-11(9-18)6-10-2-3-10/h4-5,7,10-11H,2-3,6,8-9H2,1H3. The number of nitrogens with zero attached hydrogens (tertiary/aromatic N) is 4. The highest BCUT2D eigenvalue weighted by Gasteiger charge is 2.36. The van der Waals surface area contributed by atoms with Gasteiger partial charge in [-0.1, -0.05) is 12.8 Å². The molecule has 0 atom stereocenters. The molecule has 110 valence electrons. The Bertz CT molecular complexity index is 686. The van der Waals surface area contributed by atoms with Gasteiger partial charge in [-0.3, -0.25) is 4.79 Å². The lowest BCUT2D eigenvalue weighted by atomic mass is 9.93. The maximum absolute atomic E-state index is 12.5. The Kier molecular flexibility index (Phi) is 2.83. The molecule has 0 radical (unpaired) electrons. The first-order valence-corrected chi connectivity index (χ1v) is 7.42. The van der Waals surface area contributed by atoms with Crippen molar-refractivity contribution >= 4 is 11.6 Å². The predicted octanol–water partition coefficient (Wildman–Crippen LogP) is 1.61. The van der Waals surface area contributed by atoms with E-state index in [4.69, 9.17) is 4.74 Å². The predicted molar refractivity (Wildman–Crippen MR) is 76.3 cm³/mol. The molecule has 1 aliphatic carbocycles. The Morgan fingerprint density at radius 2 is 2.14 bits per heavy atom. The molecule has 3 heterocycles. The molecule has 0 aromatic carbocycles. The van der Waals surface area contributed by atoms with Crippen LogP contribution in [0.15, 0.2) is 18.3 Å². The highest BCUT2D eigenvalue weighted by molar-refractivity contribution is 5.93. The summed E-state index contributed by atoms with van der Waals surface area (Å²) in [7, 11) is 1.56. The summed E-state index contributed by atoms with van der Waals surface area (Å²) >= 11 is 0. The molecule has 1 saturated carbocycles. The number of imidazole rings is 1. The number of fused-ring (bicyclic) bond motifs is 1. The van der Waals surface area contributed by atoms with E-state index < -0.39 is 0 Å². The average Bonchev–Trinajstić information content (AvgIpc) is 3.18. The number of hydrogen-bond acceptors (Lipinski definition) is 4. The Morgan fingerprint density at radius 1 is 1.33 bits per heavy atom. The number of amides is 1. The lowest BCUT2D eigenvalue weighted by molar-refractivity contribution is 0.0466. The van der Waals surface area contributed by atoms with Gasteiger partial charge in [0.2, 0.25) is 5.88 Å². The van der Waals surface area contributed by atoms with Gasteiger partial charge < -0.3 is 9.64 Å². The van der Waals surface area contributed by atoms with Gasteiger partial charge in [-0.25, -0.2) is 9.50 Å². The van der Waals surface area contributed by atoms with Crippen molar-refractivity contribution < 1.29 is 9.53 Å². The van der Waals surface area contributed by atoms with Gasteiger partial charge in [0.05, 0.1) is 13.3 Å². The van der Waals surface area contributed by atoms with Gasteiger partial charge in [0.15, 0.2) is 11.3 Å².